The number of nitrogens with one attached hydrogen (secondary N) is 1. The molecule has 110 valence electrons. The number of amides is 2. The van der Waals surface area contributed by atoms with Crippen molar-refractivity contribution in [1.29, 1.82) is 0 Å². The first-order valence-corrected chi connectivity index (χ1v) is 5.81. The molecule has 4 nitrogen and oxygen atoms in total. The van der Waals surface area contributed by atoms with Crippen molar-refractivity contribution in [3.05, 3.63) is 41.5 Å². The van der Waals surface area contributed by atoms with Crippen LogP contribution in [0.2, 0.25) is 0 Å². The minimum Gasteiger partial charge on any atom is -0.496 e. The van der Waals surface area contributed by atoms with Crippen molar-refractivity contribution in [3.63, 3.8) is 0 Å². The molecule has 0 bridgehead atoms. The van der Waals surface area contributed by atoms with Crippen LogP contribution >= 0.6 is 0 Å². The summed E-state index contributed by atoms with van der Waals surface area (Å²) >= 11 is 0. The van der Waals surface area contributed by atoms with Crippen LogP contribution in [0.5, 0.6) is 5.75 Å². The second-order valence-corrected chi connectivity index (χ2v) is 4.13. The Morgan fingerprint density at radius 2 is 1.90 bits per heavy atom. The average molecular weight is 297 g/mol. The molecule has 0 aliphatic carbocycles. The third-order valence-electron chi connectivity index (χ3n) is 2.96. The number of hydrogen-bond donors (Lipinski definition) is 1. The maximum atomic E-state index is 13.2. The molecular formula is C14H10F3NO3. The third-order valence-corrected chi connectivity index (χ3v) is 2.96. The van der Waals surface area contributed by atoms with Gasteiger partial charge in [0.1, 0.15) is 11.3 Å². The lowest BCUT2D eigenvalue weighted by Crippen LogP contribution is -2.21. The van der Waals surface area contributed by atoms with Crippen LogP contribution in [0.25, 0.3) is 10.8 Å². The van der Waals surface area contributed by atoms with E-state index in [2.05, 4.69) is 0 Å². The molecule has 7 heteroatoms. The molecule has 2 amide bonds. The van der Waals surface area contributed by atoms with E-state index < -0.39 is 17.6 Å². The lowest BCUT2D eigenvalue weighted by Gasteiger charge is -2.16. The number of imide groups is 1. The lowest BCUT2D eigenvalue weighted by atomic mass is 9.98. The molecule has 0 fully saturated rings. The van der Waals surface area contributed by atoms with Crippen LogP contribution in [0, 0.1) is 0 Å². The first-order valence-electron chi connectivity index (χ1n) is 5.81. The van der Waals surface area contributed by atoms with Crippen LogP contribution in [0.3, 0.4) is 0 Å². The first kappa shape index (κ1) is 14.8. The van der Waals surface area contributed by atoms with Crippen molar-refractivity contribution in [3.8, 4) is 5.75 Å². The van der Waals surface area contributed by atoms with Gasteiger partial charge < -0.3 is 4.74 Å². The van der Waals surface area contributed by atoms with E-state index >= 15 is 0 Å². The molecule has 0 radical (unpaired) electrons. The fourth-order valence-electron chi connectivity index (χ4n) is 2.13. The van der Waals surface area contributed by atoms with Gasteiger partial charge in [-0.3, -0.25) is 14.9 Å². The Labute approximate surface area is 117 Å². The van der Waals surface area contributed by atoms with Crippen molar-refractivity contribution in [2.24, 2.45) is 0 Å². The number of hydrogen-bond acceptors (Lipinski definition) is 3. The number of carbonyl (C=O) groups is 2. The van der Waals surface area contributed by atoms with Crippen molar-refractivity contribution >= 4 is 23.1 Å². The average Bonchev–Trinajstić information content (AvgIpc) is 2.44. The van der Waals surface area contributed by atoms with Crippen LogP contribution < -0.4 is 10.1 Å². The zero-order valence-corrected chi connectivity index (χ0v) is 10.8. The highest BCUT2D eigenvalue weighted by molar-refractivity contribution is 6.10. The molecule has 0 atom stereocenters. The maximum Gasteiger partial charge on any atom is 0.420 e. The summed E-state index contributed by atoms with van der Waals surface area (Å²) < 4.78 is 44.4. The molecule has 0 aromatic heterocycles. The molecule has 21 heavy (non-hydrogen) atoms. The minimum absolute atomic E-state index is 0.0206. The van der Waals surface area contributed by atoms with Gasteiger partial charge in [-0.25, -0.2) is 0 Å². The molecule has 0 saturated heterocycles. The molecule has 0 spiro atoms. The van der Waals surface area contributed by atoms with Gasteiger partial charge in [0, 0.05) is 5.56 Å². The molecular weight excluding hydrogens is 287 g/mol. The maximum absolute atomic E-state index is 13.2. The monoisotopic (exact) mass is 297 g/mol. The summed E-state index contributed by atoms with van der Waals surface area (Å²) in [5.41, 5.74) is -0.976. The number of rotatable bonds is 3. The van der Waals surface area contributed by atoms with Crippen LogP contribution in [0.1, 0.15) is 15.9 Å². The largest absolute Gasteiger partial charge is 0.496 e. The zero-order chi connectivity index (χ0) is 15.6. The van der Waals surface area contributed by atoms with E-state index in [0.29, 0.717) is 0 Å². The van der Waals surface area contributed by atoms with Gasteiger partial charge in [0.05, 0.1) is 7.11 Å². The van der Waals surface area contributed by atoms with Crippen molar-refractivity contribution in [1.82, 2.24) is 5.32 Å². The van der Waals surface area contributed by atoms with E-state index in [0.717, 1.165) is 13.2 Å². The fourth-order valence-corrected chi connectivity index (χ4v) is 2.13. The third kappa shape index (κ3) is 2.67. The summed E-state index contributed by atoms with van der Waals surface area (Å²) in [4.78, 5) is 22.0. The Balaban J connectivity index is 2.80. The van der Waals surface area contributed by atoms with Crippen LogP contribution in [-0.2, 0) is 11.0 Å². The quantitative estimate of drug-likeness (QED) is 0.886. The highest BCUT2D eigenvalue weighted by Gasteiger charge is 2.36. The van der Waals surface area contributed by atoms with Crippen LogP contribution in [0.15, 0.2) is 30.3 Å². The van der Waals surface area contributed by atoms with Crippen LogP contribution in [0.4, 0.5) is 13.2 Å². The molecule has 2 aromatic carbocycles. The highest BCUT2D eigenvalue weighted by Crippen LogP contribution is 2.41. The number of methoxy groups -OCH3 is 1. The van der Waals surface area contributed by atoms with Gasteiger partial charge in [-0.05, 0) is 29.0 Å². The molecule has 0 heterocycles. The molecule has 0 unspecified atom stereocenters. The number of halogens is 3. The van der Waals surface area contributed by atoms with Gasteiger partial charge in [0.25, 0.3) is 5.91 Å². The van der Waals surface area contributed by atoms with E-state index in [1.807, 2.05) is 5.32 Å². The van der Waals surface area contributed by atoms with E-state index in [4.69, 9.17) is 4.74 Å². The van der Waals surface area contributed by atoms with E-state index in [1.54, 1.807) is 0 Å². The summed E-state index contributed by atoms with van der Waals surface area (Å²) in [7, 11) is 1.14. The molecule has 0 saturated carbocycles. The summed E-state index contributed by atoms with van der Waals surface area (Å²) in [5.74, 6) is -1.10. The van der Waals surface area contributed by atoms with Gasteiger partial charge in [-0.2, -0.15) is 13.2 Å². The molecule has 2 aromatic rings. The molecule has 0 aliphatic heterocycles. The predicted octanol–water partition coefficient (Wildman–Crippen LogP) is 2.75. The van der Waals surface area contributed by atoms with Crippen molar-refractivity contribution < 1.29 is 27.5 Å². The van der Waals surface area contributed by atoms with Gasteiger partial charge in [0.15, 0.2) is 0 Å². The second kappa shape index (κ2) is 5.43. The van der Waals surface area contributed by atoms with Gasteiger partial charge in [-0.15, -0.1) is 0 Å². The normalized spacial score (nSPS) is 11.2. The Morgan fingerprint density at radius 1 is 1.19 bits per heavy atom. The number of ether oxygens (including phenoxy) is 1. The van der Waals surface area contributed by atoms with E-state index in [9.17, 15) is 22.8 Å². The van der Waals surface area contributed by atoms with E-state index in [1.165, 1.54) is 24.3 Å². The number of benzene rings is 2. The summed E-state index contributed by atoms with van der Waals surface area (Å²) in [6.45, 7) is 0. The molecule has 0 aliphatic rings. The molecule has 1 N–H and O–H groups in total. The summed E-state index contributed by atoms with van der Waals surface area (Å²) in [6.07, 6.45) is -4.46. The van der Waals surface area contributed by atoms with Gasteiger partial charge in [0.2, 0.25) is 6.41 Å². The number of carbonyl (C=O) groups excluding carboxylic acids is 2. The Hall–Kier alpha value is -2.57. The second-order valence-electron chi connectivity index (χ2n) is 4.13. The summed E-state index contributed by atoms with van der Waals surface area (Å²) in [5, 5.41) is 1.83. The highest BCUT2D eigenvalue weighted by atomic mass is 19.4. The topological polar surface area (TPSA) is 55.4 Å². The fraction of sp³-hybridized carbons (Fsp3) is 0.143. The predicted molar refractivity (Wildman–Crippen MR) is 69.0 cm³/mol. The van der Waals surface area contributed by atoms with Gasteiger partial charge in [-0.1, -0.05) is 12.1 Å². The van der Waals surface area contributed by atoms with Gasteiger partial charge >= 0.3 is 6.18 Å². The lowest BCUT2D eigenvalue weighted by molar-refractivity contribution is -0.137. The van der Waals surface area contributed by atoms with Crippen molar-refractivity contribution in [2.45, 2.75) is 6.18 Å². The van der Waals surface area contributed by atoms with Crippen LogP contribution in [-0.4, -0.2) is 19.4 Å². The molecule has 2 rings (SSSR count). The van der Waals surface area contributed by atoms with E-state index in [-0.39, 0.29) is 28.5 Å². The smallest absolute Gasteiger partial charge is 0.420 e. The zero-order valence-electron chi connectivity index (χ0n) is 10.8. The SMILES string of the molecule is COc1ccc2c(C(=O)NC=O)cccc2c1C(F)(F)F. The Kier molecular flexibility index (Phi) is 3.84. The van der Waals surface area contributed by atoms with Crippen molar-refractivity contribution in [2.75, 3.05) is 7.11 Å². The first-order chi connectivity index (χ1) is 9.90. The minimum atomic E-state index is -4.63. The Bertz CT molecular complexity index is 710. The number of fused-ring (bicyclic) bond motifs is 1. The number of alkyl halides is 3. The summed E-state index contributed by atoms with van der Waals surface area (Å²) in [6, 6.07) is 6.40. The standard InChI is InChI=1S/C14H10F3NO3/c1-21-11-6-5-8-9(12(11)14(15,16)17)3-2-4-10(8)13(20)18-7-19/h2-7H,1H3,(H,18,19,20). The Morgan fingerprint density at radius 3 is 2.48 bits per heavy atom.